The summed E-state index contributed by atoms with van der Waals surface area (Å²) in [5.41, 5.74) is 2.09. The molecule has 1 saturated carbocycles. The Kier molecular flexibility index (Phi) is 10.9. The lowest BCUT2D eigenvalue weighted by Gasteiger charge is -2.44. The highest BCUT2D eigenvalue weighted by atomic mass is 32.1. The van der Waals surface area contributed by atoms with Gasteiger partial charge in [0.05, 0.1) is 0 Å². The summed E-state index contributed by atoms with van der Waals surface area (Å²) in [6.07, 6.45) is 4.94. The maximum Gasteiger partial charge on any atom is 0.408 e. The van der Waals surface area contributed by atoms with Crippen LogP contribution in [0.3, 0.4) is 0 Å². The van der Waals surface area contributed by atoms with Crippen LogP contribution >= 0.6 is 12.6 Å². The van der Waals surface area contributed by atoms with Gasteiger partial charge in [-0.1, -0.05) is 43.5 Å². The van der Waals surface area contributed by atoms with E-state index in [4.69, 9.17) is 4.74 Å². The molecule has 1 aromatic carbocycles. The predicted molar refractivity (Wildman–Crippen MR) is 143 cm³/mol. The maximum absolute atomic E-state index is 13.9. The van der Waals surface area contributed by atoms with Gasteiger partial charge in [0, 0.05) is 18.3 Å². The number of rotatable bonds is 11. The molecule has 1 aromatic rings. The standard InChI is InChI=1S/C27H43N3O4S/c1-7-8-9-15-28-24(31)23(21-16-18(2)13-14-19(21)3)30(20-11-10-12-20)25(32)22(17-35)29-26(33)34-27(4,5)6/h13-14,16,20,22-23,35H,7-12,15,17H2,1-6H3,(H,28,31)(H,29,33). The van der Waals surface area contributed by atoms with E-state index in [-0.39, 0.29) is 23.6 Å². The topological polar surface area (TPSA) is 87.7 Å². The lowest BCUT2D eigenvalue weighted by molar-refractivity contribution is -0.147. The molecule has 0 aromatic heterocycles. The molecule has 2 N–H and O–H groups in total. The number of nitrogens with one attached hydrogen (secondary N) is 2. The highest BCUT2D eigenvalue weighted by Crippen LogP contribution is 2.35. The lowest BCUT2D eigenvalue weighted by atomic mass is 9.87. The zero-order valence-corrected chi connectivity index (χ0v) is 23.0. The van der Waals surface area contributed by atoms with Crippen LogP contribution in [0.25, 0.3) is 0 Å². The van der Waals surface area contributed by atoms with Crippen molar-refractivity contribution in [3.05, 3.63) is 34.9 Å². The number of aryl methyl sites for hydroxylation is 2. The molecule has 1 aliphatic rings. The first kappa shape index (κ1) is 29.0. The largest absolute Gasteiger partial charge is 0.444 e. The van der Waals surface area contributed by atoms with Crippen molar-refractivity contribution < 1.29 is 19.1 Å². The number of unbranched alkanes of at least 4 members (excludes halogenated alkanes) is 2. The first-order valence-corrected chi connectivity index (χ1v) is 13.4. The minimum Gasteiger partial charge on any atom is -0.444 e. The van der Waals surface area contributed by atoms with Crippen LogP contribution in [0.4, 0.5) is 4.79 Å². The van der Waals surface area contributed by atoms with Crippen LogP contribution in [0.2, 0.25) is 0 Å². The molecule has 2 unspecified atom stereocenters. The third-order valence-corrected chi connectivity index (χ3v) is 6.59. The normalized spacial score (nSPS) is 15.5. The van der Waals surface area contributed by atoms with Crippen molar-refractivity contribution in [3.63, 3.8) is 0 Å². The Morgan fingerprint density at radius 1 is 1.17 bits per heavy atom. The summed E-state index contributed by atoms with van der Waals surface area (Å²) in [5.74, 6) is -0.408. The molecule has 0 heterocycles. The van der Waals surface area contributed by atoms with Gasteiger partial charge in [-0.05, 0) is 71.4 Å². The molecule has 35 heavy (non-hydrogen) atoms. The van der Waals surface area contributed by atoms with Crippen LogP contribution < -0.4 is 10.6 Å². The van der Waals surface area contributed by atoms with E-state index >= 15 is 0 Å². The molecule has 0 saturated heterocycles. The van der Waals surface area contributed by atoms with E-state index in [1.54, 1.807) is 25.7 Å². The fourth-order valence-electron chi connectivity index (χ4n) is 4.15. The Bertz CT molecular complexity index is 880. The highest BCUT2D eigenvalue weighted by Gasteiger charge is 2.42. The second-order valence-electron chi connectivity index (χ2n) is 10.5. The third kappa shape index (κ3) is 8.44. The van der Waals surface area contributed by atoms with E-state index in [2.05, 4.69) is 30.2 Å². The van der Waals surface area contributed by atoms with Crippen molar-refractivity contribution in [2.45, 2.75) is 104 Å². The summed E-state index contributed by atoms with van der Waals surface area (Å²) in [6.45, 7) is 11.9. The lowest BCUT2D eigenvalue weighted by Crippen LogP contribution is -2.58. The Labute approximate surface area is 216 Å². The summed E-state index contributed by atoms with van der Waals surface area (Å²) in [4.78, 5) is 41.7. The number of hydrogen-bond donors (Lipinski definition) is 3. The minimum atomic E-state index is -0.908. The SMILES string of the molecule is CCCCCNC(=O)C(c1cc(C)ccc1C)N(C(=O)C(CS)NC(=O)OC(C)(C)C)C1CCC1. The van der Waals surface area contributed by atoms with Gasteiger partial charge < -0.3 is 20.3 Å². The third-order valence-electron chi connectivity index (χ3n) is 6.23. The number of nitrogens with zero attached hydrogens (tertiary/aromatic N) is 1. The van der Waals surface area contributed by atoms with E-state index in [0.717, 1.165) is 55.2 Å². The number of amides is 3. The number of benzene rings is 1. The molecule has 0 aliphatic heterocycles. The second kappa shape index (κ2) is 13.2. The van der Waals surface area contributed by atoms with E-state index < -0.39 is 23.8 Å². The van der Waals surface area contributed by atoms with Crippen molar-refractivity contribution in [2.75, 3.05) is 12.3 Å². The van der Waals surface area contributed by atoms with Crippen LogP contribution in [-0.2, 0) is 14.3 Å². The molecule has 0 bridgehead atoms. The average molecular weight is 506 g/mol. The van der Waals surface area contributed by atoms with Gasteiger partial charge in [0.2, 0.25) is 11.8 Å². The molecule has 1 aliphatic carbocycles. The smallest absolute Gasteiger partial charge is 0.408 e. The Balaban J connectivity index is 2.42. The number of hydrogen-bond acceptors (Lipinski definition) is 5. The van der Waals surface area contributed by atoms with Crippen LogP contribution in [-0.4, -0.2) is 52.8 Å². The van der Waals surface area contributed by atoms with Gasteiger partial charge in [0.1, 0.15) is 17.7 Å². The van der Waals surface area contributed by atoms with Crippen molar-refractivity contribution in [1.29, 1.82) is 0 Å². The Morgan fingerprint density at radius 2 is 1.86 bits per heavy atom. The zero-order valence-electron chi connectivity index (χ0n) is 22.1. The Morgan fingerprint density at radius 3 is 2.40 bits per heavy atom. The van der Waals surface area contributed by atoms with Gasteiger partial charge >= 0.3 is 6.09 Å². The summed E-state index contributed by atoms with van der Waals surface area (Å²) in [7, 11) is 0. The van der Waals surface area contributed by atoms with Gasteiger partial charge in [-0.3, -0.25) is 9.59 Å². The van der Waals surface area contributed by atoms with E-state index in [0.29, 0.717) is 6.54 Å². The summed E-state index contributed by atoms with van der Waals surface area (Å²) < 4.78 is 5.37. The second-order valence-corrected chi connectivity index (χ2v) is 10.8. The predicted octanol–water partition coefficient (Wildman–Crippen LogP) is 4.86. The number of alkyl carbamates (subject to hydrolysis) is 1. The zero-order chi connectivity index (χ0) is 26.2. The van der Waals surface area contributed by atoms with E-state index in [1.165, 1.54) is 0 Å². The molecule has 2 atom stereocenters. The Hall–Kier alpha value is -2.22. The maximum atomic E-state index is 13.9. The molecule has 1 fully saturated rings. The molecular weight excluding hydrogens is 462 g/mol. The van der Waals surface area contributed by atoms with Gasteiger partial charge in [0.25, 0.3) is 0 Å². The first-order chi connectivity index (χ1) is 16.5. The summed E-state index contributed by atoms with van der Waals surface area (Å²) >= 11 is 4.36. The summed E-state index contributed by atoms with van der Waals surface area (Å²) in [6, 6.07) is 4.22. The first-order valence-electron chi connectivity index (χ1n) is 12.8. The molecular formula is C27H43N3O4S. The van der Waals surface area contributed by atoms with Crippen molar-refractivity contribution >= 4 is 30.5 Å². The number of carbonyl (C=O) groups is 3. The summed E-state index contributed by atoms with van der Waals surface area (Å²) in [5, 5.41) is 5.74. The van der Waals surface area contributed by atoms with E-state index in [1.807, 2.05) is 32.0 Å². The monoisotopic (exact) mass is 505 g/mol. The highest BCUT2D eigenvalue weighted by molar-refractivity contribution is 7.80. The molecule has 0 spiro atoms. The minimum absolute atomic E-state index is 0.0726. The van der Waals surface area contributed by atoms with Crippen LogP contribution in [0.5, 0.6) is 0 Å². The molecule has 2 rings (SSSR count). The fourth-order valence-corrected chi connectivity index (χ4v) is 4.40. The van der Waals surface area contributed by atoms with Crippen molar-refractivity contribution in [1.82, 2.24) is 15.5 Å². The molecule has 0 radical (unpaired) electrons. The van der Waals surface area contributed by atoms with Crippen molar-refractivity contribution in [2.24, 2.45) is 0 Å². The number of thiol groups is 1. The van der Waals surface area contributed by atoms with Gasteiger partial charge in [-0.15, -0.1) is 0 Å². The molecule has 3 amide bonds. The fraction of sp³-hybridized carbons (Fsp3) is 0.667. The number of carbonyl (C=O) groups excluding carboxylic acids is 3. The van der Waals surface area contributed by atoms with E-state index in [9.17, 15) is 14.4 Å². The average Bonchev–Trinajstić information content (AvgIpc) is 2.74. The molecule has 7 nitrogen and oxygen atoms in total. The molecule has 196 valence electrons. The van der Waals surface area contributed by atoms with Gasteiger partial charge in [-0.25, -0.2) is 4.79 Å². The quantitative estimate of drug-likeness (QED) is 0.296. The van der Waals surface area contributed by atoms with Crippen molar-refractivity contribution in [3.8, 4) is 0 Å². The van der Waals surface area contributed by atoms with Crippen LogP contribution in [0, 0.1) is 13.8 Å². The van der Waals surface area contributed by atoms with Gasteiger partial charge in [0.15, 0.2) is 0 Å². The van der Waals surface area contributed by atoms with Gasteiger partial charge in [-0.2, -0.15) is 12.6 Å². The molecule has 8 heteroatoms. The van der Waals surface area contributed by atoms with Crippen LogP contribution in [0.15, 0.2) is 18.2 Å². The van der Waals surface area contributed by atoms with Crippen LogP contribution in [0.1, 0.15) is 89.0 Å². The number of ether oxygens (including phenoxy) is 1.